The van der Waals surface area contributed by atoms with Gasteiger partial charge in [-0.3, -0.25) is 0 Å². The fraction of sp³-hybridized carbons (Fsp3) is 0.611. The second-order valence-electron chi connectivity index (χ2n) is 6.59. The van der Waals surface area contributed by atoms with Crippen LogP contribution in [0.4, 0.5) is 0 Å². The van der Waals surface area contributed by atoms with Crippen molar-refractivity contribution in [3.63, 3.8) is 0 Å². The number of hydrogen-bond acceptors (Lipinski definition) is 5. The van der Waals surface area contributed by atoms with Crippen LogP contribution in [0.5, 0.6) is 5.75 Å². The van der Waals surface area contributed by atoms with E-state index in [1.54, 1.807) is 24.3 Å². The van der Waals surface area contributed by atoms with Gasteiger partial charge in [-0.25, -0.2) is 0 Å². The maximum Gasteiger partial charge on any atom is 0.119 e. The molecule has 2 unspecified atom stereocenters. The Kier molecular flexibility index (Phi) is 6.85. The normalized spacial score (nSPS) is 20.2. The van der Waals surface area contributed by atoms with Gasteiger partial charge in [0.15, 0.2) is 0 Å². The third-order valence-electron chi connectivity index (χ3n) is 4.24. The number of aliphatic hydroxyl groups excluding tert-OH is 1. The molecule has 0 bridgehead atoms. The molecule has 0 spiro atoms. The standard InChI is InChI=1S/C18H27N3O2/c1-20-9-3-4-16(11-20)12-21(2)13-17(22)14-23-18-7-5-15(10-19)6-8-18/h5-8,16-17,22H,3-4,9,11-14H2,1-2H3. The highest BCUT2D eigenvalue weighted by Gasteiger charge is 2.19. The predicted octanol–water partition coefficient (Wildman–Crippen LogP) is 1.57. The number of nitrogens with zero attached hydrogens (tertiary/aromatic N) is 3. The fourth-order valence-corrected chi connectivity index (χ4v) is 3.17. The summed E-state index contributed by atoms with van der Waals surface area (Å²) in [5.74, 6) is 1.37. The van der Waals surface area contributed by atoms with Crippen molar-refractivity contribution in [1.82, 2.24) is 9.80 Å². The van der Waals surface area contributed by atoms with Crippen molar-refractivity contribution >= 4 is 0 Å². The summed E-state index contributed by atoms with van der Waals surface area (Å²) in [6.07, 6.45) is 2.02. The first-order valence-electron chi connectivity index (χ1n) is 8.25. The summed E-state index contributed by atoms with van der Waals surface area (Å²) in [6.45, 7) is 4.22. The number of likely N-dealkylation sites (tertiary alicyclic amines) is 1. The van der Waals surface area contributed by atoms with Gasteiger partial charge in [0.05, 0.1) is 11.6 Å². The van der Waals surface area contributed by atoms with E-state index in [1.165, 1.54) is 19.4 Å². The fourth-order valence-electron chi connectivity index (χ4n) is 3.17. The summed E-state index contributed by atoms with van der Waals surface area (Å²) in [5, 5.41) is 18.9. The lowest BCUT2D eigenvalue weighted by Gasteiger charge is -2.33. The van der Waals surface area contributed by atoms with Crippen molar-refractivity contribution in [2.45, 2.75) is 18.9 Å². The van der Waals surface area contributed by atoms with E-state index in [1.807, 2.05) is 0 Å². The van der Waals surface area contributed by atoms with Crippen LogP contribution < -0.4 is 4.74 Å². The molecular formula is C18H27N3O2. The highest BCUT2D eigenvalue weighted by molar-refractivity contribution is 5.34. The molecule has 0 radical (unpaired) electrons. The molecule has 5 nitrogen and oxygen atoms in total. The van der Waals surface area contributed by atoms with Gasteiger partial charge in [-0.2, -0.15) is 5.26 Å². The third-order valence-corrected chi connectivity index (χ3v) is 4.24. The summed E-state index contributed by atoms with van der Waals surface area (Å²) in [4.78, 5) is 4.57. The molecule has 1 aromatic carbocycles. The second kappa shape index (κ2) is 8.88. The second-order valence-corrected chi connectivity index (χ2v) is 6.59. The summed E-state index contributed by atoms with van der Waals surface area (Å²) in [6, 6.07) is 9.02. The van der Waals surface area contributed by atoms with Crippen molar-refractivity contribution < 1.29 is 9.84 Å². The van der Waals surface area contributed by atoms with Crippen LogP contribution in [0.3, 0.4) is 0 Å². The van der Waals surface area contributed by atoms with Gasteiger partial charge in [0.1, 0.15) is 18.5 Å². The summed E-state index contributed by atoms with van der Waals surface area (Å²) >= 11 is 0. The lowest BCUT2D eigenvalue weighted by Crippen LogP contribution is -2.41. The van der Waals surface area contributed by atoms with Gasteiger partial charge in [-0.15, -0.1) is 0 Å². The molecule has 23 heavy (non-hydrogen) atoms. The average molecular weight is 317 g/mol. The minimum atomic E-state index is -0.517. The molecule has 1 aliphatic heterocycles. The van der Waals surface area contributed by atoms with Crippen LogP contribution in [0.2, 0.25) is 0 Å². The minimum absolute atomic E-state index is 0.265. The SMILES string of the molecule is CN1CCCC(CN(C)CC(O)COc2ccc(C#N)cc2)C1. The molecule has 1 fully saturated rings. The van der Waals surface area contributed by atoms with Crippen LogP contribution in [0, 0.1) is 17.2 Å². The molecule has 0 amide bonds. The Hall–Kier alpha value is -1.61. The van der Waals surface area contributed by atoms with E-state index in [2.05, 4.69) is 30.0 Å². The van der Waals surface area contributed by atoms with Crippen molar-refractivity contribution in [2.24, 2.45) is 5.92 Å². The zero-order chi connectivity index (χ0) is 16.7. The van der Waals surface area contributed by atoms with Crippen LogP contribution >= 0.6 is 0 Å². The molecule has 2 rings (SSSR count). The van der Waals surface area contributed by atoms with E-state index in [4.69, 9.17) is 10.00 Å². The number of hydrogen-bond donors (Lipinski definition) is 1. The molecular weight excluding hydrogens is 290 g/mol. The monoisotopic (exact) mass is 317 g/mol. The van der Waals surface area contributed by atoms with Gasteiger partial charge in [-0.05, 0) is 63.7 Å². The van der Waals surface area contributed by atoms with E-state index in [0.29, 0.717) is 23.8 Å². The molecule has 126 valence electrons. The number of ether oxygens (including phenoxy) is 1. The van der Waals surface area contributed by atoms with Gasteiger partial charge >= 0.3 is 0 Å². The van der Waals surface area contributed by atoms with E-state index >= 15 is 0 Å². The van der Waals surface area contributed by atoms with Crippen molar-refractivity contribution in [3.8, 4) is 11.8 Å². The number of rotatable bonds is 7. The highest BCUT2D eigenvalue weighted by atomic mass is 16.5. The molecule has 0 saturated carbocycles. The van der Waals surface area contributed by atoms with E-state index in [-0.39, 0.29) is 6.61 Å². The molecule has 5 heteroatoms. The number of likely N-dealkylation sites (N-methyl/N-ethyl adjacent to an activating group) is 1. The van der Waals surface area contributed by atoms with Gasteiger partial charge in [0.2, 0.25) is 0 Å². The number of piperidine rings is 1. The van der Waals surface area contributed by atoms with Gasteiger partial charge in [0.25, 0.3) is 0 Å². The highest BCUT2D eigenvalue weighted by Crippen LogP contribution is 2.16. The Morgan fingerprint density at radius 1 is 1.43 bits per heavy atom. The van der Waals surface area contributed by atoms with Gasteiger partial charge in [0, 0.05) is 19.6 Å². The van der Waals surface area contributed by atoms with Crippen molar-refractivity contribution in [1.29, 1.82) is 5.26 Å². The number of nitriles is 1. The van der Waals surface area contributed by atoms with Crippen LogP contribution in [0.15, 0.2) is 24.3 Å². The predicted molar refractivity (Wildman–Crippen MR) is 90.4 cm³/mol. The Morgan fingerprint density at radius 3 is 2.83 bits per heavy atom. The lowest BCUT2D eigenvalue weighted by molar-refractivity contribution is 0.0659. The summed E-state index contributed by atoms with van der Waals surface area (Å²) in [5.41, 5.74) is 0.607. The van der Waals surface area contributed by atoms with Crippen LogP contribution in [-0.4, -0.2) is 67.9 Å². The van der Waals surface area contributed by atoms with Gasteiger partial charge < -0.3 is 19.6 Å². The zero-order valence-electron chi connectivity index (χ0n) is 14.1. The maximum atomic E-state index is 10.1. The molecule has 0 aromatic heterocycles. The summed E-state index contributed by atoms with van der Waals surface area (Å²) < 4.78 is 5.58. The Balaban J connectivity index is 1.68. The van der Waals surface area contributed by atoms with Crippen molar-refractivity contribution in [3.05, 3.63) is 29.8 Å². The molecule has 1 N–H and O–H groups in total. The van der Waals surface area contributed by atoms with E-state index < -0.39 is 6.10 Å². The number of aliphatic hydroxyl groups is 1. The van der Waals surface area contributed by atoms with Crippen LogP contribution in [-0.2, 0) is 0 Å². The Bertz CT molecular complexity index is 512. The van der Waals surface area contributed by atoms with Crippen LogP contribution in [0.1, 0.15) is 18.4 Å². The number of benzene rings is 1. The van der Waals surface area contributed by atoms with Crippen LogP contribution in [0.25, 0.3) is 0 Å². The smallest absolute Gasteiger partial charge is 0.119 e. The molecule has 1 aliphatic rings. The lowest BCUT2D eigenvalue weighted by atomic mass is 9.98. The average Bonchev–Trinajstić information content (AvgIpc) is 2.53. The Labute approximate surface area is 139 Å². The van der Waals surface area contributed by atoms with Crippen molar-refractivity contribution in [2.75, 3.05) is 46.9 Å². The first-order valence-corrected chi connectivity index (χ1v) is 8.25. The van der Waals surface area contributed by atoms with E-state index in [0.717, 1.165) is 13.1 Å². The van der Waals surface area contributed by atoms with E-state index in [9.17, 15) is 5.11 Å². The topological polar surface area (TPSA) is 59.7 Å². The van der Waals surface area contributed by atoms with Gasteiger partial charge in [-0.1, -0.05) is 0 Å². The molecule has 2 atom stereocenters. The molecule has 1 aromatic rings. The Morgan fingerprint density at radius 2 is 2.17 bits per heavy atom. The zero-order valence-corrected chi connectivity index (χ0v) is 14.1. The minimum Gasteiger partial charge on any atom is -0.491 e. The molecule has 1 saturated heterocycles. The third kappa shape index (κ3) is 6.19. The first-order chi connectivity index (χ1) is 11.1. The first kappa shape index (κ1) is 17.7. The quantitative estimate of drug-likeness (QED) is 0.827. The molecule has 1 heterocycles. The largest absolute Gasteiger partial charge is 0.491 e. The molecule has 0 aliphatic carbocycles. The maximum absolute atomic E-state index is 10.1. The summed E-state index contributed by atoms with van der Waals surface area (Å²) in [7, 11) is 4.23.